The molecular formula is C38H43FN2O7. The number of nitrogens with zero attached hydrogens (tertiary/aromatic N) is 1. The highest BCUT2D eigenvalue weighted by Gasteiger charge is 2.38. The van der Waals surface area contributed by atoms with Gasteiger partial charge in [-0.15, -0.1) is 0 Å². The van der Waals surface area contributed by atoms with Crippen LogP contribution in [0.3, 0.4) is 0 Å². The summed E-state index contributed by atoms with van der Waals surface area (Å²) in [6.07, 6.45) is -1.53. The molecule has 4 aromatic carbocycles. The van der Waals surface area contributed by atoms with Crippen molar-refractivity contribution in [1.29, 1.82) is 0 Å². The molecule has 2 N–H and O–H groups in total. The number of rotatable bonds is 14. The first-order valence-corrected chi connectivity index (χ1v) is 15.8. The zero-order chi connectivity index (χ0) is 34.4. The van der Waals surface area contributed by atoms with E-state index >= 15 is 0 Å². The Kier molecular flexibility index (Phi) is 10.9. The van der Waals surface area contributed by atoms with Gasteiger partial charge in [0.1, 0.15) is 41.8 Å². The maximum atomic E-state index is 14.1. The normalized spacial score (nSPS) is 14.9. The number of carbonyl (C=O) groups excluding carboxylic acids is 1. The summed E-state index contributed by atoms with van der Waals surface area (Å²) < 4.78 is 43.3. The standard InChI is InChI=1S/C38H43FN2O7/c1-24-12-13-27(39)18-33(24)47-22-31-29(16-17-32-36(31)41(5)37(43)38(3,4)40-32)30-15-14-28(19-34(30)44-6)46-20-25(2)48-35(42)23-45-21-26-10-8-7-9-11-26/h7-19,25,35,40,42H,20-23H2,1-6H3/t25-,35?/m0/s1. The molecule has 5 rings (SSSR count). The highest BCUT2D eigenvalue weighted by molar-refractivity contribution is 6.08. The van der Waals surface area contributed by atoms with Crippen LogP contribution in [-0.2, 0) is 27.5 Å². The van der Waals surface area contributed by atoms with Crippen molar-refractivity contribution in [3.63, 3.8) is 0 Å². The van der Waals surface area contributed by atoms with Crippen LogP contribution in [0.5, 0.6) is 17.2 Å². The Hall–Kier alpha value is -4.64. The van der Waals surface area contributed by atoms with Crippen molar-refractivity contribution in [2.24, 2.45) is 0 Å². The van der Waals surface area contributed by atoms with Crippen molar-refractivity contribution in [3.05, 3.63) is 101 Å². The molecule has 254 valence electrons. The van der Waals surface area contributed by atoms with Gasteiger partial charge in [-0.25, -0.2) is 4.39 Å². The third-order valence-corrected chi connectivity index (χ3v) is 8.14. The summed E-state index contributed by atoms with van der Waals surface area (Å²) in [6, 6.07) is 23.5. The minimum atomic E-state index is -1.10. The molecule has 0 bridgehead atoms. The number of hydrogen-bond acceptors (Lipinski definition) is 8. The summed E-state index contributed by atoms with van der Waals surface area (Å²) in [4.78, 5) is 15.0. The van der Waals surface area contributed by atoms with E-state index in [0.29, 0.717) is 29.5 Å². The number of aliphatic hydroxyl groups is 1. The van der Waals surface area contributed by atoms with Crippen LogP contribution >= 0.6 is 0 Å². The van der Waals surface area contributed by atoms with Crippen LogP contribution in [0.2, 0.25) is 0 Å². The Balaban J connectivity index is 1.34. The molecule has 1 heterocycles. The van der Waals surface area contributed by atoms with Crippen molar-refractivity contribution in [2.45, 2.75) is 58.8 Å². The predicted molar refractivity (Wildman–Crippen MR) is 183 cm³/mol. The van der Waals surface area contributed by atoms with Crippen LogP contribution in [0.25, 0.3) is 11.1 Å². The Bertz CT molecular complexity index is 1730. The predicted octanol–water partition coefficient (Wildman–Crippen LogP) is 6.87. The van der Waals surface area contributed by atoms with Crippen LogP contribution in [0.1, 0.15) is 37.5 Å². The SMILES string of the molecule is COc1cc(OC[C@H](C)OC(O)COCc2ccccc2)ccc1-c1ccc2c(c1COc1cc(F)ccc1C)N(C)C(=O)C(C)(C)N2. The third kappa shape index (κ3) is 8.07. The van der Waals surface area contributed by atoms with Gasteiger partial charge in [0, 0.05) is 30.3 Å². The fraction of sp³-hybridized carbons (Fsp3) is 0.342. The quantitative estimate of drug-likeness (QED) is 0.142. The van der Waals surface area contributed by atoms with Gasteiger partial charge in [-0.05, 0) is 68.7 Å². The summed E-state index contributed by atoms with van der Waals surface area (Å²) >= 11 is 0. The molecule has 0 fully saturated rings. The summed E-state index contributed by atoms with van der Waals surface area (Å²) in [7, 11) is 3.32. The Morgan fingerprint density at radius 3 is 2.42 bits per heavy atom. The first-order chi connectivity index (χ1) is 23.0. The molecule has 0 spiro atoms. The second-order valence-electron chi connectivity index (χ2n) is 12.4. The summed E-state index contributed by atoms with van der Waals surface area (Å²) in [6.45, 7) is 7.98. The second kappa shape index (κ2) is 15.1. The van der Waals surface area contributed by atoms with E-state index in [1.807, 2.05) is 75.4 Å². The van der Waals surface area contributed by atoms with E-state index in [-0.39, 0.29) is 25.7 Å². The molecule has 48 heavy (non-hydrogen) atoms. The van der Waals surface area contributed by atoms with Crippen LogP contribution in [0, 0.1) is 12.7 Å². The zero-order valence-electron chi connectivity index (χ0n) is 28.2. The van der Waals surface area contributed by atoms with Gasteiger partial charge in [0.2, 0.25) is 0 Å². The monoisotopic (exact) mass is 658 g/mol. The lowest BCUT2D eigenvalue weighted by Crippen LogP contribution is -2.52. The number of carbonyl (C=O) groups is 1. The molecule has 10 heteroatoms. The van der Waals surface area contributed by atoms with Gasteiger partial charge in [-0.1, -0.05) is 42.5 Å². The minimum absolute atomic E-state index is 0.0289. The van der Waals surface area contributed by atoms with Gasteiger partial charge >= 0.3 is 0 Å². The molecule has 1 unspecified atom stereocenters. The topological polar surface area (TPSA) is 98.7 Å². The lowest BCUT2D eigenvalue weighted by molar-refractivity contribution is -0.169. The number of nitrogens with one attached hydrogen (secondary N) is 1. The van der Waals surface area contributed by atoms with Crippen molar-refractivity contribution in [2.75, 3.05) is 37.6 Å². The molecule has 2 atom stereocenters. The van der Waals surface area contributed by atoms with Crippen LogP contribution in [-0.4, -0.2) is 56.3 Å². The van der Waals surface area contributed by atoms with E-state index in [2.05, 4.69) is 5.32 Å². The first-order valence-electron chi connectivity index (χ1n) is 15.8. The zero-order valence-corrected chi connectivity index (χ0v) is 28.2. The van der Waals surface area contributed by atoms with Crippen molar-refractivity contribution in [3.8, 4) is 28.4 Å². The van der Waals surface area contributed by atoms with Gasteiger partial charge in [0.05, 0.1) is 37.8 Å². The molecule has 0 aromatic heterocycles. The highest BCUT2D eigenvalue weighted by atomic mass is 19.1. The largest absolute Gasteiger partial charge is 0.496 e. The van der Waals surface area contributed by atoms with Crippen LogP contribution < -0.4 is 24.4 Å². The van der Waals surface area contributed by atoms with Gasteiger partial charge < -0.3 is 39.0 Å². The van der Waals surface area contributed by atoms with Crippen molar-refractivity contribution in [1.82, 2.24) is 0 Å². The fourth-order valence-electron chi connectivity index (χ4n) is 5.71. The highest BCUT2D eigenvalue weighted by Crippen LogP contribution is 2.45. The molecule has 9 nitrogen and oxygen atoms in total. The Morgan fingerprint density at radius 1 is 0.917 bits per heavy atom. The van der Waals surface area contributed by atoms with E-state index in [1.165, 1.54) is 12.1 Å². The number of amides is 1. The maximum absolute atomic E-state index is 14.1. The Labute approximate surface area is 281 Å². The molecular weight excluding hydrogens is 615 g/mol. The number of hydrogen-bond donors (Lipinski definition) is 2. The van der Waals surface area contributed by atoms with E-state index in [0.717, 1.165) is 33.5 Å². The minimum Gasteiger partial charge on any atom is -0.496 e. The number of halogens is 1. The first kappa shape index (κ1) is 34.7. The van der Waals surface area contributed by atoms with Crippen molar-refractivity contribution >= 4 is 17.3 Å². The Morgan fingerprint density at radius 2 is 1.67 bits per heavy atom. The van der Waals surface area contributed by atoms with E-state index in [4.69, 9.17) is 23.7 Å². The number of anilines is 2. The molecule has 1 aliphatic heterocycles. The maximum Gasteiger partial charge on any atom is 0.251 e. The molecule has 0 saturated heterocycles. The number of aliphatic hydroxyl groups excluding tert-OH is 1. The molecule has 0 radical (unpaired) electrons. The third-order valence-electron chi connectivity index (χ3n) is 8.14. The molecule has 0 saturated carbocycles. The number of benzene rings is 4. The second-order valence-corrected chi connectivity index (χ2v) is 12.4. The fourth-order valence-corrected chi connectivity index (χ4v) is 5.71. The van der Waals surface area contributed by atoms with Crippen LogP contribution in [0.15, 0.2) is 78.9 Å². The molecule has 1 amide bonds. The van der Waals surface area contributed by atoms with Gasteiger partial charge in [-0.3, -0.25) is 4.79 Å². The van der Waals surface area contributed by atoms with Gasteiger partial charge in [-0.2, -0.15) is 0 Å². The number of likely N-dealkylation sites (N-methyl/N-ethyl adjacent to an activating group) is 1. The molecule has 0 aliphatic carbocycles. The number of aryl methyl sites for hydroxylation is 1. The molecule has 4 aromatic rings. The van der Waals surface area contributed by atoms with E-state index in [1.54, 1.807) is 38.1 Å². The lowest BCUT2D eigenvalue weighted by Gasteiger charge is -2.39. The van der Waals surface area contributed by atoms with Crippen molar-refractivity contribution < 1.29 is 38.0 Å². The number of ether oxygens (including phenoxy) is 5. The molecule has 1 aliphatic rings. The lowest BCUT2D eigenvalue weighted by atomic mass is 9.91. The van der Waals surface area contributed by atoms with E-state index < -0.39 is 23.8 Å². The van der Waals surface area contributed by atoms with Crippen LogP contribution in [0.4, 0.5) is 15.8 Å². The average molecular weight is 659 g/mol. The average Bonchev–Trinajstić information content (AvgIpc) is 3.06. The number of methoxy groups -OCH3 is 1. The number of fused-ring (bicyclic) bond motifs is 1. The summed E-state index contributed by atoms with van der Waals surface area (Å²) in [5.41, 5.74) is 4.71. The van der Waals surface area contributed by atoms with E-state index in [9.17, 15) is 14.3 Å². The summed E-state index contributed by atoms with van der Waals surface area (Å²) in [5, 5.41) is 13.6. The smallest absolute Gasteiger partial charge is 0.251 e. The summed E-state index contributed by atoms with van der Waals surface area (Å²) in [5.74, 6) is 0.996. The van der Waals surface area contributed by atoms with Gasteiger partial charge in [0.25, 0.3) is 5.91 Å². The van der Waals surface area contributed by atoms with Gasteiger partial charge in [0.15, 0.2) is 6.29 Å².